The van der Waals surface area contributed by atoms with Crippen LogP contribution in [0.5, 0.6) is 0 Å². The van der Waals surface area contributed by atoms with Gasteiger partial charge in [0.25, 0.3) is 5.91 Å². The molecule has 2 atom stereocenters. The van der Waals surface area contributed by atoms with E-state index in [-0.39, 0.29) is 11.9 Å². The highest BCUT2D eigenvalue weighted by atomic mass is 79.9. The summed E-state index contributed by atoms with van der Waals surface area (Å²) < 4.78 is 14.0. The summed E-state index contributed by atoms with van der Waals surface area (Å²) in [5.41, 5.74) is 6.19. The minimum absolute atomic E-state index is 0.113. The molecule has 0 aromatic heterocycles. The van der Waals surface area contributed by atoms with Gasteiger partial charge in [-0.25, -0.2) is 4.39 Å². The van der Waals surface area contributed by atoms with Crippen molar-refractivity contribution in [3.8, 4) is 0 Å². The first-order valence-electron chi connectivity index (χ1n) is 7.04. The van der Waals surface area contributed by atoms with Crippen molar-refractivity contribution in [2.75, 3.05) is 13.1 Å². The Labute approximate surface area is 127 Å². The van der Waals surface area contributed by atoms with Crippen LogP contribution in [0, 0.1) is 11.7 Å². The molecule has 1 saturated carbocycles. The minimum atomic E-state index is -0.402. The lowest BCUT2D eigenvalue weighted by atomic mass is 10.0. The summed E-state index contributed by atoms with van der Waals surface area (Å²) in [5, 5.41) is 0. The summed E-state index contributed by atoms with van der Waals surface area (Å²) in [4.78, 5) is 14.5. The first-order chi connectivity index (χ1) is 9.56. The number of benzene rings is 1. The molecule has 5 heteroatoms. The van der Waals surface area contributed by atoms with E-state index in [1.807, 2.05) is 11.8 Å². The van der Waals surface area contributed by atoms with Gasteiger partial charge < -0.3 is 10.6 Å². The van der Waals surface area contributed by atoms with Gasteiger partial charge in [0, 0.05) is 22.6 Å². The molecule has 0 bridgehead atoms. The summed E-state index contributed by atoms with van der Waals surface area (Å²) in [6.07, 6.45) is 3.15. The number of rotatable bonds is 4. The molecule has 0 saturated heterocycles. The highest BCUT2D eigenvalue weighted by Gasteiger charge is 2.33. The second kappa shape index (κ2) is 6.68. The lowest BCUT2D eigenvalue weighted by molar-refractivity contribution is 0.0651. The summed E-state index contributed by atoms with van der Waals surface area (Å²) in [5.74, 6) is -0.158. The number of nitrogens with zero attached hydrogens (tertiary/aromatic N) is 1. The van der Waals surface area contributed by atoms with Crippen LogP contribution in [-0.2, 0) is 0 Å². The number of nitrogens with two attached hydrogens (primary N) is 1. The number of carbonyl (C=O) groups is 1. The molecule has 3 nitrogen and oxygen atoms in total. The third-order valence-corrected chi connectivity index (χ3v) is 4.49. The van der Waals surface area contributed by atoms with Crippen molar-refractivity contribution in [1.82, 2.24) is 4.90 Å². The smallest absolute Gasteiger partial charge is 0.254 e. The molecular formula is C15H20BrFN2O. The summed E-state index contributed by atoms with van der Waals surface area (Å²) in [7, 11) is 0. The molecule has 1 aliphatic carbocycles. The summed E-state index contributed by atoms with van der Waals surface area (Å²) >= 11 is 3.23. The standard InChI is InChI=1S/C15H20BrFN2O/c1-2-19(14-5-3-4-10(14)9-18)15(20)11-6-12(16)8-13(17)7-11/h6-8,10,14H,2-5,9,18H2,1H3. The lowest BCUT2D eigenvalue weighted by Gasteiger charge is -2.32. The molecule has 0 aliphatic heterocycles. The summed E-state index contributed by atoms with van der Waals surface area (Å²) in [6.45, 7) is 3.17. The quantitative estimate of drug-likeness (QED) is 0.913. The van der Waals surface area contributed by atoms with Crippen molar-refractivity contribution in [2.24, 2.45) is 11.7 Å². The molecule has 0 heterocycles. The van der Waals surface area contributed by atoms with E-state index < -0.39 is 5.82 Å². The Hall–Kier alpha value is -0.940. The third kappa shape index (κ3) is 3.20. The average molecular weight is 343 g/mol. The van der Waals surface area contributed by atoms with Crippen molar-refractivity contribution in [1.29, 1.82) is 0 Å². The van der Waals surface area contributed by atoms with E-state index in [1.54, 1.807) is 6.07 Å². The fourth-order valence-electron chi connectivity index (χ4n) is 3.07. The monoisotopic (exact) mass is 342 g/mol. The van der Waals surface area contributed by atoms with Gasteiger partial charge in [-0.3, -0.25) is 4.79 Å². The molecule has 1 aliphatic rings. The van der Waals surface area contributed by atoms with Gasteiger partial charge in [-0.15, -0.1) is 0 Å². The van der Waals surface area contributed by atoms with E-state index >= 15 is 0 Å². The molecule has 0 spiro atoms. The highest BCUT2D eigenvalue weighted by Crippen LogP contribution is 2.30. The van der Waals surface area contributed by atoms with Crippen LogP contribution in [0.3, 0.4) is 0 Å². The van der Waals surface area contributed by atoms with E-state index in [9.17, 15) is 9.18 Å². The predicted octanol–water partition coefficient (Wildman–Crippen LogP) is 3.18. The van der Waals surface area contributed by atoms with Crippen molar-refractivity contribution in [3.05, 3.63) is 34.1 Å². The van der Waals surface area contributed by atoms with Crippen LogP contribution >= 0.6 is 15.9 Å². The number of hydrogen-bond acceptors (Lipinski definition) is 2. The Balaban J connectivity index is 2.24. The predicted molar refractivity (Wildman–Crippen MR) is 81.0 cm³/mol. The minimum Gasteiger partial charge on any atom is -0.336 e. The molecule has 1 fully saturated rings. The number of hydrogen-bond donors (Lipinski definition) is 1. The number of carbonyl (C=O) groups excluding carboxylic acids is 1. The van der Waals surface area contributed by atoms with Gasteiger partial charge in [0.1, 0.15) is 5.82 Å². The molecule has 2 N–H and O–H groups in total. The van der Waals surface area contributed by atoms with Crippen LogP contribution in [-0.4, -0.2) is 29.9 Å². The molecule has 1 aromatic carbocycles. The highest BCUT2D eigenvalue weighted by molar-refractivity contribution is 9.10. The lowest BCUT2D eigenvalue weighted by Crippen LogP contribution is -2.44. The van der Waals surface area contributed by atoms with Crippen LogP contribution in [0.4, 0.5) is 4.39 Å². The molecule has 20 heavy (non-hydrogen) atoms. The molecule has 1 amide bonds. The van der Waals surface area contributed by atoms with E-state index in [0.29, 0.717) is 29.0 Å². The molecule has 110 valence electrons. The van der Waals surface area contributed by atoms with Crippen LogP contribution in [0.15, 0.2) is 22.7 Å². The Morgan fingerprint density at radius 2 is 2.20 bits per heavy atom. The normalized spacial score (nSPS) is 22.0. The van der Waals surface area contributed by atoms with Gasteiger partial charge in [-0.2, -0.15) is 0 Å². The zero-order chi connectivity index (χ0) is 14.7. The fraction of sp³-hybridized carbons (Fsp3) is 0.533. The van der Waals surface area contributed by atoms with Crippen LogP contribution < -0.4 is 5.73 Å². The molecule has 0 radical (unpaired) electrons. The van der Waals surface area contributed by atoms with Crippen LogP contribution in [0.25, 0.3) is 0 Å². The maximum Gasteiger partial charge on any atom is 0.254 e. The SMILES string of the molecule is CCN(C(=O)c1cc(F)cc(Br)c1)C1CCCC1CN. The van der Waals surface area contributed by atoms with Crippen LogP contribution in [0.2, 0.25) is 0 Å². The van der Waals surface area contributed by atoms with Gasteiger partial charge in [-0.1, -0.05) is 22.4 Å². The van der Waals surface area contributed by atoms with Gasteiger partial charge in [0.05, 0.1) is 0 Å². The van der Waals surface area contributed by atoms with E-state index in [1.165, 1.54) is 12.1 Å². The zero-order valence-electron chi connectivity index (χ0n) is 11.6. The van der Waals surface area contributed by atoms with Crippen LogP contribution in [0.1, 0.15) is 36.5 Å². The Morgan fingerprint density at radius 1 is 1.45 bits per heavy atom. The molecule has 2 rings (SSSR count). The maximum atomic E-state index is 13.5. The van der Waals surface area contributed by atoms with E-state index in [0.717, 1.165) is 19.3 Å². The first kappa shape index (κ1) is 15.4. The van der Waals surface area contributed by atoms with Crippen molar-refractivity contribution >= 4 is 21.8 Å². The van der Waals surface area contributed by atoms with Gasteiger partial charge in [-0.05, 0) is 50.4 Å². The largest absolute Gasteiger partial charge is 0.336 e. The Bertz CT molecular complexity index is 475. The maximum absolute atomic E-state index is 13.5. The Kier molecular flexibility index (Phi) is 5.16. The topological polar surface area (TPSA) is 46.3 Å². The second-order valence-corrected chi connectivity index (χ2v) is 6.16. The molecule has 1 aromatic rings. The number of halogens is 2. The fourth-order valence-corrected chi connectivity index (χ4v) is 3.54. The van der Waals surface area contributed by atoms with Crippen molar-refractivity contribution < 1.29 is 9.18 Å². The van der Waals surface area contributed by atoms with Gasteiger partial charge in [0.2, 0.25) is 0 Å². The van der Waals surface area contributed by atoms with Crippen molar-refractivity contribution in [2.45, 2.75) is 32.2 Å². The van der Waals surface area contributed by atoms with Gasteiger partial charge >= 0.3 is 0 Å². The van der Waals surface area contributed by atoms with E-state index in [2.05, 4.69) is 15.9 Å². The zero-order valence-corrected chi connectivity index (χ0v) is 13.2. The third-order valence-electron chi connectivity index (χ3n) is 4.03. The first-order valence-corrected chi connectivity index (χ1v) is 7.83. The molecular weight excluding hydrogens is 323 g/mol. The summed E-state index contributed by atoms with van der Waals surface area (Å²) in [6, 6.07) is 4.49. The van der Waals surface area contributed by atoms with Crippen molar-refractivity contribution in [3.63, 3.8) is 0 Å². The Morgan fingerprint density at radius 3 is 2.80 bits per heavy atom. The van der Waals surface area contributed by atoms with E-state index in [4.69, 9.17) is 5.73 Å². The second-order valence-electron chi connectivity index (χ2n) is 5.24. The molecule has 2 unspecified atom stereocenters. The van der Waals surface area contributed by atoms with Gasteiger partial charge in [0.15, 0.2) is 0 Å². The average Bonchev–Trinajstić information content (AvgIpc) is 2.86. The number of amides is 1.